The van der Waals surface area contributed by atoms with Crippen molar-refractivity contribution < 1.29 is 18.4 Å². The zero-order valence-corrected chi connectivity index (χ0v) is 15.9. The number of benzene rings is 1. The van der Waals surface area contributed by atoms with E-state index in [0.717, 1.165) is 6.92 Å². The second-order valence-electron chi connectivity index (χ2n) is 6.65. The standard InChI is InChI=1S/C19H18F2N4O2S/c1-19(20,21)7-12-2-3-16-15(6-12)14(4-5-23-16)18(27)24-9-17(26)25-11-28-10-13(25)8-22/h2-6,13H,7,9-11H2,1H3,(H,24,27)/t13-/m1/s1. The van der Waals surface area contributed by atoms with Gasteiger partial charge in [0.15, 0.2) is 0 Å². The number of rotatable bonds is 5. The fourth-order valence-corrected chi connectivity index (χ4v) is 4.11. The number of amides is 2. The summed E-state index contributed by atoms with van der Waals surface area (Å²) in [5.74, 6) is -2.73. The van der Waals surface area contributed by atoms with Gasteiger partial charge in [-0.25, -0.2) is 8.78 Å². The molecule has 2 aromatic rings. The number of pyridine rings is 1. The number of carbonyl (C=O) groups is 2. The van der Waals surface area contributed by atoms with Crippen molar-refractivity contribution in [3.63, 3.8) is 0 Å². The quantitative estimate of drug-likeness (QED) is 0.828. The molecule has 0 unspecified atom stereocenters. The van der Waals surface area contributed by atoms with E-state index in [9.17, 15) is 18.4 Å². The molecule has 0 bridgehead atoms. The van der Waals surface area contributed by atoms with Crippen LogP contribution < -0.4 is 5.32 Å². The number of hydrogen-bond donors (Lipinski definition) is 1. The zero-order valence-electron chi connectivity index (χ0n) is 15.1. The Hall–Kier alpha value is -2.73. The summed E-state index contributed by atoms with van der Waals surface area (Å²) in [7, 11) is 0. The van der Waals surface area contributed by atoms with Crippen molar-refractivity contribution in [2.45, 2.75) is 25.3 Å². The highest BCUT2D eigenvalue weighted by Crippen LogP contribution is 2.24. The van der Waals surface area contributed by atoms with E-state index in [4.69, 9.17) is 5.26 Å². The third-order valence-electron chi connectivity index (χ3n) is 4.32. The largest absolute Gasteiger partial charge is 0.343 e. The van der Waals surface area contributed by atoms with Gasteiger partial charge in [0.05, 0.1) is 29.6 Å². The van der Waals surface area contributed by atoms with Crippen LogP contribution in [0.5, 0.6) is 0 Å². The number of nitrogens with zero attached hydrogens (tertiary/aromatic N) is 3. The number of nitrogens with one attached hydrogen (secondary N) is 1. The minimum atomic E-state index is -2.87. The molecular formula is C19H18F2N4O2S. The zero-order chi connectivity index (χ0) is 20.3. The van der Waals surface area contributed by atoms with E-state index < -0.39 is 24.3 Å². The second kappa shape index (κ2) is 8.10. The third kappa shape index (κ3) is 4.57. The Kier molecular flexibility index (Phi) is 5.79. The van der Waals surface area contributed by atoms with Crippen LogP contribution in [0, 0.1) is 11.3 Å². The lowest BCUT2D eigenvalue weighted by Gasteiger charge is -2.18. The van der Waals surface area contributed by atoms with Gasteiger partial charge in [0.2, 0.25) is 11.8 Å². The van der Waals surface area contributed by atoms with Crippen molar-refractivity contribution in [2.75, 3.05) is 18.2 Å². The van der Waals surface area contributed by atoms with E-state index in [0.29, 0.717) is 28.1 Å². The summed E-state index contributed by atoms with van der Waals surface area (Å²) in [6.45, 7) is 0.596. The van der Waals surface area contributed by atoms with Gasteiger partial charge in [-0.1, -0.05) is 6.07 Å². The molecule has 3 rings (SSSR count). The van der Waals surface area contributed by atoms with Crippen molar-refractivity contribution in [3.8, 4) is 6.07 Å². The van der Waals surface area contributed by atoms with E-state index >= 15 is 0 Å². The van der Waals surface area contributed by atoms with Crippen LogP contribution >= 0.6 is 11.8 Å². The first kappa shape index (κ1) is 20.0. The maximum absolute atomic E-state index is 13.3. The number of alkyl halides is 2. The van der Waals surface area contributed by atoms with Gasteiger partial charge in [0.1, 0.15) is 6.04 Å². The van der Waals surface area contributed by atoms with E-state index in [1.807, 2.05) is 0 Å². The number of nitriles is 1. The molecule has 0 radical (unpaired) electrons. The molecule has 1 N–H and O–H groups in total. The van der Waals surface area contributed by atoms with Gasteiger partial charge in [0.25, 0.3) is 5.91 Å². The number of carbonyl (C=O) groups excluding carboxylic acids is 2. The van der Waals surface area contributed by atoms with Crippen LogP contribution in [0.15, 0.2) is 30.5 Å². The molecule has 28 heavy (non-hydrogen) atoms. The van der Waals surface area contributed by atoms with Gasteiger partial charge in [0, 0.05) is 23.8 Å². The van der Waals surface area contributed by atoms with Crippen molar-refractivity contribution in [1.29, 1.82) is 5.26 Å². The van der Waals surface area contributed by atoms with Crippen LogP contribution in [0.1, 0.15) is 22.8 Å². The lowest BCUT2D eigenvalue weighted by molar-refractivity contribution is -0.129. The van der Waals surface area contributed by atoms with Crippen molar-refractivity contribution >= 4 is 34.5 Å². The molecule has 146 valence electrons. The van der Waals surface area contributed by atoms with Crippen LogP contribution in [0.3, 0.4) is 0 Å². The Morgan fingerprint density at radius 2 is 2.21 bits per heavy atom. The molecule has 2 heterocycles. The van der Waals surface area contributed by atoms with E-state index in [2.05, 4.69) is 16.4 Å². The Morgan fingerprint density at radius 1 is 1.43 bits per heavy atom. The summed E-state index contributed by atoms with van der Waals surface area (Å²) in [4.78, 5) is 30.5. The van der Waals surface area contributed by atoms with Crippen molar-refractivity contribution in [1.82, 2.24) is 15.2 Å². The van der Waals surface area contributed by atoms with Crippen molar-refractivity contribution in [3.05, 3.63) is 41.6 Å². The number of aromatic nitrogens is 1. The van der Waals surface area contributed by atoms with E-state index in [-0.39, 0.29) is 18.0 Å². The maximum Gasteiger partial charge on any atom is 0.252 e. The Balaban J connectivity index is 1.76. The average Bonchev–Trinajstić information content (AvgIpc) is 3.13. The van der Waals surface area contributed by atoms with Gasteiger partial charge >= 0.3 is 0 Å². The predicted octanol–water partition coefficient (Wildman–Crippen LogP) is 2.59. The fourth-order valence-electron chi connectivity index (χ4n) is 3.01. The topological polar surface area (TPSA) is 86.1 Å². The first-order valence-electron chi connectivity index (χ1n) is 8.59. The second-order valence-corrected chi connectivity index (χ2v) is 7.65. The van der Waals surface area contributed by atoms with Crippen molar-refractivity contribution in [2.24, 2.45) is 0 Å². The van der Waals surface area contributed by atoms with Crippen LogP contribution in [0.4, 0.5) is 8.78 Å². The molecule has 0 saturated carbocycles. The smallest absolute Gasteiger partial charge is 0.252 e. The third-order valence-corrected chi connectivity index (χ3v) is 5.33. The highest BCUT2D eigenvalue weighted by molar-refractivity contribution is 7.99. The summed E-state index contributed by atoms with van der Waals surface area (Å²) in [6.07, 6.45) is 1.01. The molecule has 9 heteroatoms. The molecule has 0 aliphatic carbocycles. The highest BCUT2D eigenvalue weighted by Gasteiger charge is 2.29. The van der Waals surface area contributed by atoms with Crippen LogP contribution in [-0.2, 0) is 11.2 Å². The minimum absolute atomic E-state index is 0.242. The number of thioether (sulfide) groups is 1. The molecule has 0 spiro atoms. The summed E-state index contributed by atoms with van der Waals surface area (Å²) >= 11 is 1.48. The molecule has 1 fully saturated rings. The summed E-state index contributed by atoms with van der Waals surface area (Å²) in [5.41, 5.74) is 1.15. The monoisotopic (exact) mass is 404 g/mol. The Labute approximate surface area is 164 Å². The van der Waals surface area contributed by atoms with Crippen LogP contribution in [0.2, 0.25) is 0 Å². The Bertz CT molecular complexity index is 955. The number of halogens is 2. The van der Waals surface area contributed by atoms with Crippen LogP contribution in [-0.4, -0.2) is 51.8 Å². The van der Waals surface area contributed by atoms with Crippen LogP contribution in [0.25, 0.3) is 10.9 Å². The molecule has 1 aliphatic heterocycles. The predicted molar refractivity (Wildman–Crippen MR) is 102 cm³/mol. The highest BCUT2D eigenvalue weighted by atomic mass is 32.2. The average molecular weight is 404 g/mol. The van der Waals surface area contributed by atoms with Gasteiger partial charge in [-0.2, -0.15) is 5.26 Å². The van der Waals surface area contributed by atoms with E-state index in [1.165, 1.54) is 35.0 Å². The SMILES string of the molecule is CC(F)(F)Cc1ccc2nccc(C(=O)NCC(=O)N3CSC[C@H]3C#N)c2c1. The molecule has 6 nitrogen and oxygen atoms in total. The minimum Gasteiger partial charge on any atom is -0.343 e. The molecular weight excluding hydrogens is 386 g/mol. The van der Waals surface area contributed by atoms with E-state index in [1.54, 1.807) is 12.1 Å². The molecule has 1 aromatic carbocycles. The molecule has 1 saturated heterocycles. The maximum atomic E-state index is 13.3. The summed E-state index contributed by atoms with van der Waals surface area (Å²) in [5, 5.41) is 12.1. The first-order chi connectivity index (χ1) is 13.3. The van der Waals surface area contributed by atoms with Gasteiger partial charge in [-0.15, -0.1) is 11.8 Å². The Morgan fingerprint density at radius 3 is 2.93 bits per heavy atom. The lowest BCUT2D eigenvalue weighted by atomic mass is 10.0. The number of hydrogen-bond acceptors (Lipinski definition) is 5. The molecule has 1 atom stereocenters. The van der Waals surface area contributed by atoms with Gasteiger partial charge in [-0.05, 0) is 30.7 Å². The fraction of sp³-hybridized carbons (Fsp3) is 0.368. The molecule has 1 aromatic heterocycles. The first-order valence-corrected chi connectivity index (χ1v) is 9.74. The van der Waals surface area contributed by atoms with Gasteiger partial charge in [-0.3, -0.25) is 14.6 Å². The normalized spacial score (nSPS) is 16.8. The summed E-state index contributed by atoms with van der Waals surface area (Å²) in [6, 6.07) is 7.74. The molecule has 1 aliphatic rings. The molecule has 2 amide bonds. The van der Waals surface area contributed by atoms with Gasteiger partial charge < -0.3 is 10.2 Å². The summed E-state index contributed by atoms with van der Waals surface area (Å²) < 4.78 is 26.6. The number of fused-ring (bicyclic) bond motifs is 1. The lowest BCUT2D eigenvalue weighted by Crippen LogP contribution is -2.42.